The Morgan fingerprint density at radius 2 is 2.04 bits per heavy atom. The maximum atomic E-state index is 13.6. The molecule has 3 rings (SSSR count). The average Bonchev–Trinajstić information content (AvgIpc) is 2.66. The van der Waals surface area contributed by atoms with E-state index in [9.17, 15) is 27.7 Å². The number of esters is 1. The zero-order valence-electron chi connectivity index (χ0n) is 13.9. The largest absolute Gasteiger partial charge is 0.475 e. The summed E-state index contributed by atoms with van der Waals surface area (Å²) in [5.74, 6) is -1.82. The maximum Gasteiger partial charge on any atom is 0.348 e. The van der Waals surface area contributed by atoms with Crippen LogP contribution in [-0.2, 0) is 19.6 Å². The number of carbonyl (C=O) groups is 1. The third-order valence-electron chi connectivity index (χ3n) is 3.90. The van der Waals surface area contributed by atoms with Gasteiger partial charge in [-0.1, -0.05) is 12.1 Å². The number of benzene rings is 2. The van der Waals surface area contributed by atoms with Crippen molar-refractivity contribution in [2.45, 2.75) is 11.0 Å². The molecular formula is C16H13FN2O7S. The Morgan fingerprint density at radius 1 is 1.33 bits per heavy atom. The molecule has 0 unspecified atom stereocenters. The van der Waals surface area contributed by atoms with Crippen LogP contribution in [0.25, 0.3) is 0 Å². The standard InChI is InChI=1S/C16H13FN2O7S/c1-25-16(20)15-9-18(12-4-2-3-5-14(12)26-15)27(23,24)10-6-7-11(17)13(8-10)19(21)22/h2-8,15H,9H2,1H3/t15-/m1/s1. The highest BCUT2D eigenvalue weighted by molar-refractivity contribution is 7.92. The van der Waals surface area contributed by atoms with Crippen molar-refractivity contribution in [1.82, 2.24) is 0 Å². The molecule has 27 heavy (non-hydrogen) atoms. The molecule has 0 spiro atoms. The van der Waals surface area contributed by atoms with Gasteiger partial charge in [-0.25, -0.2) is 13.2 Å². The molecule has 1 aliphatic rings. The lowest BCUT2D eigenvalue weighted by Crippen LogP contribution is -2.47. The predicted molar refractivity (Wildman–Crippen MR) is 90.5 cm³/mol. The van der Waals surface area contributed by atoms with Gasteiger partial charge in [-0.3, -0.25) is 14.4 Å². The number of anilines is 1. The van der Waals surface area contributed by atoms with Gasteiger partial charge >= 0.3 is 11.7 Å². The van der Waals surface area contributed by atoms with Gasteiger partial charge in [-0.15, -0.1) is 0 Å². The molecule has 0 aliphatic carbocycles. The van der Waals surface area contributed by atoms with Crippen molar-refractivity contribution in [3.05, 3.63) is 58.4 Å². The zero-order chi connectivity index (χ0) is 19.8. The van der Waals surface area contributed by atoms with Crippen molar-refractivity contribution in [3.63, 3.8) is 0 Å². The second kappa shape index (κ2) is 6.83. The first kappa shape index (κ1) is 18.6. The molecule has 142 valence electrons. The summed E-state index contributed by atoms with van der Waals surface area (Å²) in [6.07, 6.45) is -1.23. The highest BCUT2D eigenvalue weighted by Gasteiger charge is 2.38. The van der Waals surface area contributed by atoms with Crippen LogP contribution in [0.5, 0.6) is 5.75 Å². The molecular weight excluding hydrogens is 383 g/mol. The lowest BCUT2D eigenvalue weighted by molar-refractivity contribution is -0.387. The van der Waals surface area contributed by atoms with Crippen LogP contribution in [0.3, 0.4) is 0 Å². The van der Waals surface area contributed by atoms with Crippen molar-refractivity contribution in [1.29, 1.82) is 0 Å². The molecule has 2 aromatic rings. The van der Waals surface area contributed by atoms with Crippen molar-refractivity contribution in [2.24, 2.45) is 0 Å². The Morgan fingerprint density at radius 3 is 2.70 bits per heavy atom. The van der Waals surface area contributed by atoms with E-state index in [0.29, 0.717) is 12.1 Å². The number of hydrogen-bond donors (Lipinski definition) is 0. The summed E-state index contributed by atoms with van der Waals surface area (Å²) in [5.41, 5.74) is -0.827. The number of hydrogen-bond acceptors (Lipinski definition) is 7. The summed E-state index contributed by atoms with van der Waals surface area (Å²) in [6.45, 7) is -0.406. The Kier molecular flexibility index (Phi) is 4.70. The van der Waals surface area contributed by atoms with E-state index >= 15 is 0 Å². The number of sulfonamides is 1. The summed E-state index contributed by atoms with van der Waals surface area (Å²) in [7, 11) is -3.22. The van der Waals surface area contributed by atoms with Crippen molar-refractivity contribution < 1.29 is 32.0 Å². The molecule has 0 N–H and O–H groups in total. The minimum atomic E-state index is -4.35. The van der Waals surface area contributed by atoms with Crippen LogP contribution in [0.15, 0.2) is 47.4 Å². The molecule has 9 nitrogen and oxygen atoms in total. The van der Waals surface area contributed by atoms with Crippen LogP contribution in [0.4, 0.5) is 15.8 Å². The second-order valence-electron chi connectivity index (χ2n) is 5.50. The summed E-state index contributed by atoms with van der Waals surface area (Å²) in [4.78, 5) is 21.3. The lowest BCUT2D eigenvalue weighted by atomic mass is 10.2. The highest BCUT2D eigenvalue weighted by atomic mass is 32.2. The Labute approximate surface area is 153 Å². The third-order valence-corrected chi connectivity index (χ3v) is 5.68. The van der Waals surface area contributed by atoms with Crippen LogP contribution in [0.1, 0.15) is 0 Å². The van der Waals surface area contributed by atoms with Crippen LogP contribution >= 0.6 is 0 Å². The Bertz CT molecular complexity index is 1030. The fraction of sp³-hybridized carbons (Fsp3) is 0.188. The van der Waals surface area contributed by atoms with Gasteiger partial charge in [0.25, 0.3) is 10.0 Å². The van der Waals surface area contributed by atoms with E-state index < -0.39 is 50.0 Å². The molecule has 11 heteroatoms. The van der Waals surface area contributed by atoms with Crippen LogP contribution in [0, 0.1) is 15.9 Å². The second-order valence-corrected chi connectivity index (χ2v) is 7.37. The topological polar surface area (TPSA) is 116 Å². The van der Waals surface area contributed by atoms with Crippen LogP contribution < -0.4 is 9.04 Å². The van der Waals surface area contributed by atoms with E-state index in [4.69, 9.17) is 4.74 Å². The number of para-hydroxylation sites is 2. The molecule has 0 aromatic heterocycles. The average molecular weight is 396 g/mol. The van der Waals surface area contributed by atoms with E-state index in [0.717, 1.165) is 17.5 Å². The maximum absolute atomic E-state index is 13.6. The zero-order valence-corrected chi connectivity index (χ0v) is 14.7. The van der Waals surface area contributed by atoms with E-state index in [2.05, 4.69) is 4.74 Å². The number of ether oxygens (including phenoxy) is 2. The number of nitro groups is 1. The van der Waals surface area contributed by atoms with Gasteiger partial charge in [0, 0.05) is 6.07 Å². The number of fused-ring (bicyclic) bond motifs is 1. The van der Waals surface area contributed by atoms with Gasteiger partial charge in [0.1, 0.15) is 5.75 Å². The van der Waals surface area contributed by atoms with E-state index in [1.165, 1.54) is 12.1 Å². The summed E-state index contributed by atoms with van der Waals surface area (Å²) in [6, 6.07) is 8.34. The fourth-order valence-electron chi connectivity index (χ4n) is 2.60. The molecule has 0 radical (unpaired) electrons. The molecule has 0 saturated carbocycles. The minimum Gasteiger partial charge on any atom is -0.475 e. The molecule has 0 fully saturated rings. The molecule has 1 atom stereocenters. The first-order valence-corrected chi connectivity index (χ1v) is 9.00. The minimum absolute atomic E-state index is 0.124. The first-order chi connectivity index (χ1) is 12.8. The summed E-state index contributed by atoms with van der Waals surface area (Å²) < 4.78 is 50.7. The number of nitrogens with zero attached hydrogens (tertiary/aromatic N) is 2. The van der Waals surface area contributed by atoms with Crippen molar-refractivity contribution >= 4 is 27.4 Å². The van der Waals surface area contributed by atoms with Gasteiger partial charge in [-0.05, 0) is 24.3 Å². The van der Waals surface area contributed by atoms with Crippen molar-refractivity contribution in [2.75, 3.05) is 18.0 Å². The highest BCUT2D eigenvalue weighted by Crippen LogP contribution is 2.37. The summed E-state index contributed by atoms with van der Waals surface area (Å²) in [5, 5.41) is 10.9. The quantitative estimate of drug-likeness (QED) is 0.440. The number of methoxy groups -OCH3 is 1. The van der Waals surface area contributed by atoms with Crippen LogP contribution in [0.2, 0.25) is 0 Å². The Balaban J connectivity index is 2.11. The monoisotopic (exact) mass is 396 g/mol. The van der Waals surface area contributed by atoms with Gasteiger partial charge in [0.2, 0.25) is 11.9 Å². The van der Waals surface area contributed by atoms with Gasteiger partial charge < -0.3 is 9.47 Å². The number of halogens is 1. The van der Waals surface area contributed by atoms with E-state index in [1.807, 2.05) is 0 Å². The summed E-state index contributed by atoms with van der Waals surface area (Å²) >= 11 is 0. The SMILES string of the molecule is COC(=O)[C@H]1CN(S(=O)(=O)c2ccc(F)c([N+](=O)[O-])c2)c2ccccc2O1. The van der Waals surface area contributed by atoms with E-state index in [1.54, 1.807) is 12.1 Å². The van der Waals surface area contributed by atoms with Gasteiger partial charge in [0.05, 0.1) is 29.2 Å². The lowest BCUT2D eigenvalue weighted by Gasteiger charge is -2.34. The fourth-order valence-corrected chi connectivity index (χ4v) is 4.10. The first-order valence-electron chi connectivity index (χ1n) is 7.56. The number of rotatable bonds is 4. The third kappa shape index (κ3) is 3.28. The normalized spacial score (nSPS) is 16.2. The van der Waals surface area contributed by atoms with E-state index in [-0.39, 0.29) is 11.4 Å². The number of carbonyl (C=O) groups excluding carboxylic acids is 1. The number of nitro benzene ring substituents is 1. The Hall–Kier alpha value is -3.21. The smallest absolute Gasteiger partial charge is 0.348 e. The van der Waals surface area contributed by atoms with Gasteiger partial charge in [0.15, 0.2) is 0 Å². The van der Waals surface area contributed by atoms with Gasteiger partial charge in [-0.2, -0.15) is 4.39 Å². The molecule has 0 amide bonds. The molecule has 2 aromatic carbocycles. The van der Waals surface area contributed by atoms with Crippen molar-refractivity contribution in [3.8, 4) is 5.75 Å². The molecule has 0 saturated heterocycles. The molecule has 1 heterocycles. The van der Waals surface area contributed by atoms with Crippen LogP contribution in [-0.4, -0.2) is 39.1 Å². The molecule has 0 bridgehead atoms. The molecule has 1 aliphatic heterocycles. The predicted octanol–water partition coefficient (Wildman–Crippen LogP) is 1.86.